The lowest BCUT2D eigenvalue weighted by atomic mass is 9.80. The number of nitrogens with zero attached hydrogens (tertiary/aromatic N) is 1. The molecule has 0 radical (unpaired) electrons. The third-order valence-corrected chi connectivity index (χ3v) is 3.27. The Kier molecular flexibility index (Phi) is 5.11. The number of carbonyl (C=O) groups excluding carboxylic acids is 1. The third kappa shape index (κ3) is 4.67. The van der Waals surface area contributed by atoms with Crippen LogP contribution >= 0.6 is 0 Å². The summed E-state index contributed by atoms with van der Waals surface area (Å²) < 4.78 is 0. The van der Waals surface area contributed by atoms with Gasteiger partial charge in [0.05, 0.1) is 18.2 Å². The van der Waals surface area contributed by atoms with Crippen molar-refractivity contribution in [2.75, 3.05) is 6.54 Å². The van der Waals surface area contributed by atoms with E-state index >= 15 is 0 Å². The Labute approximate surface area is 114 Å². The van der Waals surface area contributed by atoms with E-state index in [0.29, 0.717) is 6.54 Å². The van der Waals surface area contributed by atoms with E-state index in [2.05, 4.69) is 15.5 Å². The molecule has 1 unspecified atom stereocenters. The van der Waals surface area contributed by atoms with Gasteiger partial charge in [-0.15, -0.1) is 0 Å². The Morgan fingerprint density at radius 2 is 2.16 bits per heavy atom. The van der Waals surface area contributed by atoms with Gasteiger partial charge in [0.25, 0.3) is 0 Å². The number of nitrogens with one attached hydrogen (secondary N) is 2. The number of hydrogen-bond acceptors (Lipinski definition) is 3. The third-order valence-electron chi connectivity index (χ3n) is 3.27. The van der Waals surface area contributed by atoms with Crippen LogP contribution in [0.4, 0.5) is 0 Å². The Morgan fingerprint density at radius 1 is 1.53 bits per heavy atom. The highest BCUT2D eigenvalue weighted by Gasteiger charge is 2.30. The van der Waals surface area contributed by atoms with Gasteiger partial charge in [-0.25, -0.2) is 0 Å². The van der Waals surface area contributed by atoms with Gasteiger partial charge in [0.2, 0.25) is 5.91 Å². The molecule has 0 bridgehead atoms. The number of aromatic amines is 1. The van der Waals surface area contributed by atoms with Crippen molar-refractivity contribution in [1.29, 1.82) is 0 Å². The van der Waals surface area contributed by atoms with Crippen LogP contribution in [0.5, 0.6) is 0 Å². The van der Waals surface area contributed by atoms with Gasteiger partial charge in [0, 0.05) is 17.7 Å². The molecule has 5 nitrogen and oxygen atoms in total. The van der Waals surface area contributed by atoms with Crippen molar-refractivity contribution < 1.29 is 9.90 Å². The average Bonchev–Trinajstić information content (AvgIpc) is 2.71. The minimum Gasteiger partial charge on any atom is -0.392 e. The number of aromatic nitrogens is 2. The van der Waals surface area contributed by atoms with Crippen LogP contribution in [0.1, 0.15) is 39.1 Å². The average molecular weight is 267 g/mol. The Hall–Kier alpha value is -1.36. The van der Waals surface area contributed by atoms with E-state index in [9.17, 15) is 9.90 Å². The first-order valence-corrected chi connectivity index (χ1v) is 6.68. The van der Waals surface area contributed by atoms with Gasteiger partial charge in [-0.3, -0.25) is 9.89 Å². The highest BCUT2D eigenvalue weighted by atomic mass is 16.3. The second-order valence-corrected chi connectivity index (χ2v) is 6.17. The van der Waals surface area contributed by atoms with Crippen LogP contribution in [0.25, 0.3) is 0 Å². The minimum atomic E-state index is -0.444. The van der Waals surface area contributed by atoms with Gasteiger partial charge in [-0.1, -0.05) is 27.7 Å². The molecule has 0 aliphatic heterocycles. The largest absolute Gasteiger partial charge is 0.392 e. The quantitative estimate of drug-likeness (QED) is 0.729. The zero-order valence-electron chi connectivity index (χ0n) is 12.4. The van der Waals surface area contributed by atoms with E-state index in [1.165, 1.54) is 0 Å². The monoisotopic (exact) mass is 267 g/mol. The summed E-state index contributed by atoms with van der Waals surface area (Å²) in [5, 5.41) is 19.8. The van der Waals surface area contributed by atoms with Crippen molar-refractivity contribution in [2.45, 2.75) is 47.1 Å². The number of aliphatic hydroxyl groups is 1. The molecule has 5 heteroatoms. The van der Waals surface area contributed by atoms with Gasteiger partial charge < -0.3 is 10.4 Å². The lowest BCUT2D eigenvalue weighted by molar-refractivity contribution is -0.121. The first-order chi connectivity index (χ1) is 8.72. The maximum atomic E-state index is 11.8. The highest BCUT2D eigenvalue weighted by molar-refractivity contribution is 5.78. The second kappa shape index (κ2) is 6.19. The van der Waals surface area contributed by atoms with Crippen LogP contribution in [0.15, 0.2) is 6.07 Å². The predicted octanol–water partition coefficient (Wildman–Crippen LogP) is 1.42. The molecule has 1 rings (SSSR count). The predicted molar refractivity (Wildman–Crippen MR) is 74.7 cm³/mol. The van der Waals surface area contributed by atoms with Crippen LogP contribution in [-0.4, -0.2) is 33.9 Å². The molecule has 1 amide bonds. The molecule has 0 aromatic carbocycles. The summed E-state index contributed by atoms with van der Waals surface area (Å²) in [6, 6.07) is 1.85. The summed E-state index contributed by atoms with van der Waals surface area (Å²) in [5.41, 5.74) is 1.33. The summed E-state index contributed by atoms with van der Waals surface area (Å²) in [4.78, 5) is 11.8. The molecule has 1 atom stereocenters. The molecule has 0 saturated heterocycles. The van der Waals surface area contributed by atoms with Crippen molar-refractivity contribution in [3.8, 4) is 0 Å². The maximum Gasteiger partial charge on any atom is 0.226 e. The number of aryl methyl sites for hydroxylation is 1. The van der Waals surface area contributed by atoms with Crippen LogP contribution in [0.2, 0.25) is 0 Å². The maximum absolute atomic E-state index is 11.8. The summed E-state index contributed by atoms with van der Waals surface area (Å²) in [5.74, 6) is 0.0939. The standard InChI is InChI=1S/C14H25N3O2/c1-9(2)13(19)14(4,5)8-15-12(18)7-11-6-10(3)16-17-11/h6,9,13,19H,7-8H2,1-5H3,(H,15,18)(H,16,17). The fourth-order valence-corrected chi connectivity index (χ4v) is 2.13. The molecule has 0 fully saturated rings. The zero-order chi connectivity index (χ0) is 14.6. The van der Waals surface area contributed by atoms with Crippen molar-refractivity contribution >= 4 is 5.91 Å². The van der Waals surface area contributed by atoms with E-state index in [4.69, 9.17) is 0 Å². The number of amides is 1. The van der Waals surface area contributed by atoms with Crippen molar-refractivity contribution in [2.24, 2.45) is 11.3 Å². The van der Waals surface area contributed by atoms with Gasteiger partial charge in [0.1, 0.15) is 0 Å². The van der Waals surface area contributed by atoms with E-state index < -0.39 is 6.10 Å². The fourth-order valence-electron chi connectivity index (χ4n) is 2.13. The SMILES string of the molecule is Cc1cc(CC(=O)NCC(C)(C)C(O)C(C)C)n[nH]1. The highest BCUT2D eigenvalue weighted by Crippen LogP contribution is 2.25. The van der Waals surface area contributed by atoms with Crippen LogP contribution in [-0.2, 0) is 11.2 Å². The van der Waals surface area contributed by atoms with Gasteiger partial charge in [0.15, 0.2) is 0 Å². The second-order valence-electron chi connectivity index (χ2n) is 6.17. The molecule has 0 aliphatic rings. The summed E-state index contributed by atoms with van der Waals surface area (Å²) >= 11 is 0. The first-order valence-electron chi connectivity index (χ1n) is 6.68. The number of aliphatic hydroxyl groups excluding tert-OH is 1. The van der Waals surface area contributed by atoms with E-state index in [1.807, 2.05) is 40.7 Å². The van der Waals surface area contributed by atoms with Crippen LogP contribution in [0.3, 0.4) is 0 Å². The lowest BCUT2D eigenvalue weighted by Gasteiger charge is -2.33. The molecule has 1 aromatic rings. The Morgan fingerprint density at radius 3 is 2.63 bits per heavy atom. The lowest BCUT2D eigenvalue weighted by Crippen LogP contribution is -2.44. The van der Waals surface area contributed by atoms with Crippen molar-refractivity contribution in [3.05, 3.63) is 17.5 Å². The van der Waals surface area contributed by atoms with E-state index in [0.717, 1.165) is 11.4 Å². The Balaban J connectivity index is 2.45. The van der Waals surface area contributed by atoms with Crippen LogP contribution < -0.4 is 5.32 Å². The number of rotatable bonds is 6. The smallest absolute Gasteiger partial charge is 0.226 e. The molecule has 0 spiro atoms. The molecule has 19 heavy (non-hydrogen) atoms. The fraction of sp³-hybridized carbons (Fsp3) is 0.714. The number of H-pyrrole nitrogens is 1. The Bertz CT molecular complexity index is 424. The van der Waals surface area contributed by atoms with E-state index in [-0.39, 0.29) is 23.7 Å². The molecule has 1 aromatic heterocycles. The molecule has 3 N–H and O–H groups in total. The molecule has 0 aliphatic carbocycles. The molecule has 108 valence electrons. The molecule has 1 heterocycles. The summed E-state index contributed by atoms with van der Waals surface area (Å²) in [6.07, 6.45) is -0.182. The summed E-state index contributed by atoms with van der Waals surface area (Å²) in [7, 11) is 0. The van der Waals surface area contributed by atoms with Gasteiger partial charge in [-0.2, -0.15) is 5.10 Å². The minimum absolute atomic E-state index is 0.0736. The first kappa shape index (κ1) is 15.7. The molecular weight excluding hydrogens is 242 g/mol. The molecule has 0 saturated carbocycles. The molecular formula is C14H25N3O2. The van der Waals surface area contributed by atoms with E-state index in [1.54, 1.807) is 0 Å². The van der Waals surface area contributed by atoms with Crippen LogP contribution in [0, 0.1) is 18.3 Å². The zero-order valence-corrected chi connectivity index (χ0v) is 12.4. The number of hydrogen-bond donors (Lipinski definition) is 3. The topological polar surface area (TPSA) is 78.0 Å². The normalized spacial score (nSPS) is 13.6. The van der Waals surface area contributed by atoms with Crippen molar-refractivity contribution in [1.82, 2.24) is 15.5 Å². The van der Waals surface area contributed by atoms with Gasteiger partial charge in [-0.05, 0) is 18.9 Å². The van der Waals surface area contributed by atoms with Crippen molar-refractivity contribution in [3.63, 3.8) is 0 Å². The van der Waals surface area contributed by atoms with Gasteiger partial charge >= 0.3 is 0 Å². The number of carbonyl (C=O) groups is 1. The summed E-state index contributed by atoms with van der Waals surface area (Å²) in [6.45, 7) is 10.2.